The Hall–Kier alpha value is -2.53. The van der Waals surface area contributed by atoms with Crippen molar-refractivity contribution in [2.75, 3.05) is 26.2 Å². The molecular formula is C22H26N2O3. The van der Waals surface area contributed by atoms with E-state index in [2.05, 4.69) is 34.5 Å². The molecule has 1 atom stereocenters. The number of phenolic OH excluding ortho intramolecular Hbond substituents is 1. The molecule has 2 aliphatic rings. The number of ether oxygens (including phenoxy) is 1. The summed E-state index contributed by atoms with van der Waals surface area (Å²) >= 11 is 0. The summed E-state index contributed by atoms with van der Waals surface area (Å²) in [7, 11) is 0. The van der Waals surface area contributed by atoms with Gasteiger partial charge in [0.2, 0.25) is 0 Å². The maximum Gasteiger partial charge on any atom is 0.407 e. The number of carbonyl (C=O) groups is 1. The van der Waals surface area contributed by atoms with E-state index in [0.717, 1.165) is 38.9 Å². The Balaban J connectivity index is 1.44. The quantitative estimate of drug-likeness (QED) is 0.852. The van der Waals surface area contributed by atoms with Crippen LogP contribution in [0.15, 0.2) is 54.6 Å². The Morgan fingerprint density at radius 1 is 1.07 bits per heavy atom. The van der Waals surface area contributed by atoms with Crippen molar-refractivity contribution in [1.29, 1.82) is 0 Å². The van der Waals surface area contributed by atoms with Gasteiger partial charge in [0.25, 0.3) is 0 Å². The first-order valence-corrected chi connectivity index (χ1v) is 9.64. The fraction of sp³-hybridized carbons (Fsp3) is 0.409. The van der Waals surface area contributed by atoms with Gasteiger partial charge in [-0.05, 0) is 29.7 Å². The predicted octanol–water partition coefficient (Wildman–Crippen LogP) is 3.29. The Bertz CT molecular complexity index is 768. The van der Waals surface area contributed by atoms with Gasteiger partial charge in [-0.2, -0.15) is 0 Å². The van der Waals surface area contributed by atoms with Gasteiger partial charge in [0.1, 0.15) is 11.4 Å². The van der Waals surface area contributed by atoms with Crippen LogP contribution in [0.3, 0.4) is 0 Å². The molecule has 5 nitrogen and oxygen atoms in total. The first-order chi connectivity index (χ1) is 13.1. The maximum atomic E-state index is 11.4. The Morgan fingerprint density at radius 2 is 1.78 bits per heavy atom. The lowest BCUT2D eigenvalue weighted by molar-refractivity contribution is -0.000392. The number of phenols is 1. The molecule has 2 aromatic carbocycles. The van der Waals surface area contributed by atoms with E-state index in [1.54, 1.807) is 12.1 Å². The minimum atomic E-state index is -0.305. The van der Waals surface area contributed by atoms with Gasteiger partial charge < -0.3 is 20.1 Å². The van der Waals surface area contributed by atoms with Crippen LogP contribution in [0.5, 0.6) is 5.75 Å². The fourth-order valence-electron chi connectivity index (χ4n) is 4.17. The number of nitrogens with one attached hydrogen (secondary N) is 1. The van der Waals surface area contributed by atoms with Gasteiger partial charge in [0, 0.05) is 38.4 Å². The number of rotatable bonds is 5. The second kappa shape index (κ2) is 7.61. The van der Waals surface area contributed by atoms with Crippen molar-refractivity contribution >= 4 is 6.09 Å². The van der Waals surface area contributed by atoms with Gasteiger partial charge in [-0.1, -0.05) is 42.5 Å². The number of amides is 1. The summed E-state index contributed by atoms with van der Waals surface area (Å²) in [6, 6.07) is 18.1. The normalized spacial score (nSPS) is 20.2. The minimum Gasteiger partial charge on any atom is -0.508 e. The Labute approximate surface area is 160 Å². The molecule has 4 rings (SSSR count). The van der Waals surface area contributed by atoms with E-state index in [4.69, 9.17) is 4.74 Å². The van der Waals surface area contributed by atoms with E-state index in [1.165, 1.54) is 11.1 Å². The van der Waals surface area contributed by atoms with Crippen LogP contribution in [0.25, 0.3) is 0 Å². The van der Waals surface area contributed by atoms with Gasteiger partial charge in [0.15, 0.2) is 0 Å². The summed E-state index contributed by atoms with van der Waals surface area (Å²) in [6.45, 7) is 3.44. The fourth-order valence-corrected chi connectivity index (χ4v) is 4.17. The van der Waals surface area contributed by atoms with E-state index in [0.29, 0.717) is 18.2 Å². The smallest absolute Gasteiger partial charge is 0.407 e. The van der Waals surface area contributed by atoms with Gasteiger partial charge in [-0.15, -0.1) is 0 Å². The van der Waals surface area contributed by atoms with E-state index >= 15 is 0 Å². The highest BCUT2D eigenvalue weighted by Gasteiger charge is 2.42. The lowest BCUT2D eigenvalue weighted by Crippen LogP contribution is -2.47. The molecule has 2 fully saturated rings. The zero-order chi connectivity index (χ0) is 18.7. The van der Waals surface area contributed by atoms with E-state index in [-0.39, 0.29) is 11.7 Å². The Kier molecular flexibility index (Phi) is 5.03. The number of likely N-dealkylation sites (tertiary alicyclic amines) is 1. The minimum absolute atomic E-state index is 0.283. The lowest BCUT2D eigenvalue weighted by Gasteiger charge is -2.38. The average molecular weight is 366 g/mol. The summed E-state index contributed by atoms with van der Waals surface area (Å²) in [5.74, 6) is 0.652. The molecule has 2 aliphatic heterocycles. The number of piperidine rings is 1. The molecule has 2 aromatic rings. The van der Waals surface area contributed by atoms with Crippen molar-refractivity contribution in [2.45, 2.75) is 30.8 Å². The van der Waals surface area contributed by atoms with Crippen molar-refractivity contribution in [2.24, 2.45) is 0 Å². The van der Waals surface area contributed by atoms with E-state index in [1.807, 2.05) is 18.2 Å². The predicted molar refractivity (Wildman–Crippen MR) is 104 cm³/mol. The zero-order valence-corrected chi connectivity index (χ0v) is 15.4. The average Bonchev–Trinajstić information content (AvgIpc) is 3.05. The maximum absolute atomic E-state index is 11.4. The summed E-state index contributed by atoms with van der Waals surface area (Å²) in [5.41, 5.74) is 2.25. The van der Waals surface area contributed by atoms with Gasteiger partial charge in [-0.3, -0.25) is 0 Å². The third-order valence-electron chi connectivity index (χ3n) is 5.80. The van der Waals surface area contributed by atoms with Crippen LogP contribution in [0, 0.1) is 0 Å². The van der Waals surface area contributed by atoms with E-state index in [9.17, 15) is 9.90 Å². The molecule has 0 aromatic heterocycles. The molecule has 0 saturated carbocycles. The zero-order valence-electron chi connectivity index (χ0n) is 15.4. The van der Waals surface area contributed by atoms with E-state index < -0.39 is 0 Å². The second-order valence-electron chi connectivity index (χ2n) is 7.70. The summed E-state index contributed by atoms with van der Waals surface area (Å²) in [5, 5.41) is 12.4. The van der Waals surface area contributed by atoms with Crippen molar-refractivity contribution < 1.29 is 14.6 Å². The van der Waals surface area contributed by atoms with Crippen molar-refractivity contribution in [1.82, 2.24) is 10.2 Å². The van der Waals surface area contributed by atoms with Crippen LogP contribution < -0.4 is 5.32 Å². The Morgan fingerprint density at radius 3 is 2.41 bits per heavy atom. The first kappa shape index (κ1) is 17.9. The molecule has 5 heteroatoms. The summed E-state index contributed by atoms with van der Waals surface area (Å²) in [6.07, 6.45) is 2.43. The molecule has 0 aliphatic carbocycles. The molecular weight excluding hydrogens is 340 g/mol. The highest BCUT2D eigenvalue weighted by Crippen LogP contribution is 2.31. The molecule has 1 amide bonds. The third-order valence-corrected chi connectivity index (χ3v) is 5.80. The number of nitrogens with zero attached hydrogens (tertiary/aromatic N) is 1. The van der Waals surface area contributed by atoms with Crippen LogP contribution in [-0.2, 0) is 11.2 Å². The highest BCUT2D eigenvalue weighted by atomic mass is 16.6. The SMILES string of the molecule is O=C1NCC2(CCN(CC(Cc3ccccc3)c3ccc(O)cc3)CC2)O1. The molecule has 0 radical (unpaired) electrons. The number of hydrogen-bond donors (Lipinski definition) is 2. The van der Waals surface area contributed by atoms with Crippen LogP contribution in [0.4, 0.5) is 4.79 Å². The van der Waals surface area contributed by atoms with Crippen LogP contribution in [0.2, 0.25) is 0 Å². The molecule has 0 bridgehead atoms. The largest absolute Gasteiger partial charge is 0.508 e. The third kappa shape index (κ3) is 4.25. The van der Waals surface area contributed by atoms with Crippen molar-refractivity contribution in [3.63, 3.8) is 0 Å². The molecule has 1 unspecified atom stereocenters. The van der Waals surface area contributed by atoms with Gasteiger partial charge >= 0.3 is 6.09 Å². The van der Waals surface area contributed by atoms with Crippen molar-refractivity contribution in [3.05, 3.63) is 65.7 Å². The molecule has 142 valence electrons. The van der Waals surface area contributed by atoms with Gasteiger partial charge in [-0.25, -0.2) is 4.79 Å². The second-order valence-corrected chi connectivity index (χ2v) is 7.70. The molecule has 2 saturated heterocycles. The number of aromatic hydroxyl groups is 1. The van der Waals surface area contributed by atoms with Gasteiger partial charge in [0.05, 0.1) is 6.54 Å². The number of carbonyl (C=O) groups excluding carboxylic acids is 1. The molecule has 1 spiro atoms. The molecule has 27 heavy (non-hydrogen) atoms. The number of hydrogen-bond acceptors (Lipinski definition) is 4. The highest BCUT2D eigenvalue weighted by molar-refractivity contribution is 5.70. The first-order valence-electron chi connectivity index (χ1n) is 9.64. The summed E-state index contributed by atoms with van der Waals surface area (Å²) < 4.78 is 5.53. The van der Waals surface area contributed by atoms with Crippen molar-refractivity contribution in [3.8, 4) is 5.75 Å². The number of alkyl carbamates (subject to hydrolysis) is 1. The summed E-state index contributed by atoms with van der Waals surface area (Å²) in [4.78, 5) is 13.9. The van der Waals surface area contributed by atoms with Crippen LogP contribution in [0.1, 0.15) is 29.9 Å². The topological polar surface area (TPSA) is 61.8 Å². The molecule has 2 heterocycles. The standard InChI is InChI=1S/C22H26N2O3/c25-20-8-6-18(7-9-20)19(14-17-4-2-1-3-5-17)15-24-12-10-22(11-13-24)16-23-21(26)27-22/h1-9,19,25H,10-16H2,(H,23,26). The van der Waals surface area contributed by atoms with Crippen LogP contribution in [-0.4, -0.2) is 47.9 Å². The van der Waals surface area contributed by atoms with Crippen LogP contribution >= 0.6 is 0 Å². The molecule has 2 N–H and O–H groups in total. The monoisotopic (exact) mass is 366 g/mol. The lowest BCUT2D eigenvalue weighted by atomic mass is 9.88. The number of benzene rings is 2.